The molecule has 0 aromatic heterocycles. The Balaban J connectivity index is 0. The minimum atomic E-state index is -2.54. The number of hydrogen-bond donors (Lipinski definition) is 0. The van der Waals surface area contributed by atoms with E-state index in [1.807, 2.05) is 20.8 Å². The predicted octanol–water partition coefficient (Wildman–Crippen LogP) is 2.66. The molecule has 0 saturated heterocycles. The molecule has 0 aliphatic heterocycles. The summed E-state index contributed by atoms with van der Waals surface area (Å²) in [5.74, 6) is -0.386. The van der Waals surface area contributed by atoms with Crippen LogP contribution in [-0.4, -0.2) is 41.2 Å². The van der Waals surface area contributed by atoms with E-state index in [9.17, 15) is 4.79 Å². The van der Waals surface area contributed by atoms with Crippen molar-refractivity contribution in [3.8, 4) is 0 Å². The molecule has 0 rings (SSSR count). The highest BCUT2D eigenvalue weighted by Gasteiger charge is 2.39. The van der Waals surface area contributed by atoms with E-state index in [1.165, 1.54) is 6.08 Å². The second kappa shape index (κ2) is 13.6. The summed E-state index contributed by atoms with van der Waals surface area (Å²) in [5, 5.41) is 0. The minimum Gasteiger partial charge on any atom is -0.463 e. The van der Waals surface area contributed by atoms with Crippen molar-refractivity contribution in [1.29, 1.82) is 0 Å². The Morgan fingerprint density at radius 1 is 1.05 bits per heavy atom. The van der Waals surface area contributed by atoms with Crippen LogP contribution in [-0.2, 0) is 22.8 Å². The van der Waals surface area contributed by atoms with Crippen LogP contribution in [0.25, 0.3) is 0 Å². The molecule has 0 amide bonds. The van der Waals surface area contributed by atoms with Gasteiger partial charge >= 0.3 is 14.8 Å². The molecule has 0 bridgehead atoms. The van der Waals surface area contributed by atoms with E-state index in [4.69, 9.17) is 18.0 Å². The lowest BCUT2D eigenvalue weighted by Crippen LogP contribution is -2.45. The highest BCUT2D eigenvalue weighted by atomic mass is 32.1. The smallest absolute Gasteiger partial charge is 0.463 e. The fourth-order valence-electron chi connectivity index (χ4n) is 1.68. The van der Waals surface area contributed by atoms with Gasteiger partial charge in [-0.2, -0.15) is 13.5 Å². The topological polar surface area (TPSA) is 54.0 Å². The van der Waals surface area contributed by atoms with E-state index in [0.29, 0.717) is 26.4 Å². The lowest BCUT2D eigenvalue weighted by Gasteiger charge is -2.28. The van der Waals surface area contributed by atoms with Crippen molar-refractivity contribution in [1.82, 2.24) is 0 Å². The third-order valence-electron chi connectivity index (χ3n) is 2.38. The average molecular weight is 325 g/mol. The van der Waals surface area contributed by atoms with Crippen LogP contribution in [0.4, 0.5) is 0 Å². The standard InChI is InChI=1S/C13H26O5Si.H2S/c1-5-13(14)15-11-9-10-12-19(16-6-2,17-7-3)18-8-4;/h5H,1,6-12H2,2-4H3;1H2. The van der Waals surface area contributed by atoms with Crippen molar-refractivity contribution in [2.75, 3.05) is 26.4 Å². The predicted molar refractivity (Wildman–Crippen MR) is 86.2 cm³/mol. The van der Waals surface area contributed by atoms with Crippen molar-refractivity contribution in [2.45, 2.75) is 39.7 Å². The van der Waals surface area contributed by atoms with Gasteiger partial charge in [0.05, 0.1) is 6.61 Å². The Labute approximate surface area is 130 Å². The Morgan fingerprint density at radius 3 is 1.95 bits per heavy atom. The Kier molecular flexibility index (Phi) is 15.0. The molecule has 20 heavy (non-hydrogen) atoms. The summed E-state index contributed by atoms with van der Waals surface area (Å²) in [6.07, 6.45) is 2.78. The number of rotatable bonds is 12. The zero-order valence-corrected chi connectivity index (χ0v) is 14.8. The van der Waals surface area contributed by atoms with Gasteiger partial charge in [0.15, 0.2) is 0 Å². The second-order valence-electron chi connectivity index (χ2n) is 3.81. The van der Waals surface area contributed by atoms with Crippen LogP contribution in [0, 0.1) is 0 Å². The average Bonchev–Trinajstić information content (AvgIpc) is 2.39. The van der Waals surface area contributed by atoms with Crippen molar-refractivity contribution < 1.29 is 22.8 Å². The van der Waals surface area contributed by atoms with Gasteiger partial charge in [-0.3, -0.25) is 0 Å². The van der Waals surface area contributed by atoms with Gasteiger partial charge in [-0.15, -0.1) is 0 Å². The number of esters is 1. The van der Waals surface area contributed by atoms with Crippen LogP contribution in [0.2, 0.25) is 6.04 Å². The van der Waals surface area contributed by atoms with Crippen molar-refractivity contribution >= 4 is 28.3 Å². The molecule has 0 aliphatic rings. The number of carbonyl (C=O) groups is 1. The van der Waals surface area contributed by atoms with E-state index in [2.05, 4.69) is 6.58 Å². The maximum absolute atomic E-state index is 10.9. The second-order valence-corrected chi connectivity index (χ2v) is 6.54. The quantitative estimate of drug-likeness (QED) is 0.239. The van der Waals surface area contributed by atoms with Crippen LogP contribution < -0.4 is 0 Å². The molecular formula is C13H28O5SSi. The molecule has 0 N–H and O–H groups in total. The third-order valence-corrected chi connectivity index (χ3v) is 5.53. The molecule has 7 heteroatoms. The minimum absolute atomic E-state index is 0. The van der Waals surface area contributed by atoms with Crippen LogP contribution in [0.5, 0.6) is 0 Å². The van der Waals surface area contributed by atoms with Crippen LogP contribution in [0.15, 0.2) is 12.7 Å². The van der Waals surface area contributed by atoms with E-state index in [1.54, 1.807) is 0 Å². The van der Waals surface area contributed by atoms with Gasteiger partial charge in [0, 0.05) is 31.9 Å². The maximum Gasteiger partial charge on any atom is 0.500 e. The number of carbonyl (C=O) groups excluding carboxylic acids is 1. The molecule has 120 valence electrons. The first kappa shape index (κ1) is 21.9. The summed E-state index contributed by atoms with van der Waals surface area (Å²) in [5.41, 5.74) is 0. The van der Waals surface area contributed by atoms with Gasteiger partial charge in [-0.1, -0.05) is 6.58 Å². The maximum atomic E-state index is 10.9. The van der Waals surface area contributed by atoms with Crippen molar-refractivity contribution in [2.24, 2.45) is 0 Å². The zero-order valence-electron chi connectivity index (χ0n) is 12.8. The first-order chi connectivity index (χ1) is 9.14. The van der Waals surface area contributed by atoms with E-state index in [-0.39, 0.29) is 19.5 Å². The molecule has 0 saturated carbocycles. The van der Waals surface area contributed by atoms with Crippen LogP contribution in [0.1, 0.15) is 33.6 Å². The van der Waals surface area contributed by atoms with Gasteiger partial charge in [0.25, 0.3) is 0 Å². The summed E-state index contributed by atoms with van der Waals surface area (Å²) in [7, 11) is -2.54. The molecule has 0 aromatic carbocycles. The highest BCUT2D eigenvalue weighted by molar-refractivity contribution is 7.59. The zero-order chi connectivity index (χ0) is 14.6. The Morgan fingerprint density at radius 2 is 1.55 bits per heavy atom. The van der Waals surface area contributed by atoms with Gasteiger partial charge < -0.3 is 18.0 Å². The molecular weight excluding hydrogens is 296 g/mol. The molecule has 0 fully saturated rings. The van der Waals surface area contributed by atoms with E-state index in [0.717, 1.165) is 18.9 Å². The Bertz CT molecular complexity index is 246. The summed E-state index contributed by atoms with van der Waals surface area (Å²) in [6.45, 7) is 11.3. The van der Waals surface area contributed by atoms with Crippen LogP contribution in [0.3, 0.4) is 0 Å². The summed E-state index contributed by atoms with van der Waals surface area (Å²) in [4.78, 5) is 10.9. The summed E-state index contributed by atoms with van der Waals surface area (Å²) >= 11 is 0. The van der Waals surface area contributed by atoms with Crippen LogP contribution >= 0.6 is 13.5 Å². The molecule has 0 aliphatic carbocycles. The third kappa shape index (κ3) is 9.54. The normalized spacial score (nSPS) is 10.8. The lowest BCUT2D eigenvalue weighted by molar-refractivity contribution is -0.137. The number of hydrogen-bond acceptors (Lipinski definition) is 5. The fraction of sp³-hybridized carbons (Fsp3) is 0.769. The SMILES string of the molecule is C=CC(=O)OCCCC[Si](OCC)(OCC)OCC.S. The molecule has 0 spiro atoms. The monoisotopic (exact) mass is 324 g/mol. The molecule has 0 aromatic rings. The molecule has 0 heterocycles. The Hall–Kier alpha value is -0.343. The largest absolute Gasteiger partial charge is 0.500 e. The number of ether oxygens (including phenoxy) is 1. The van der Waals surface area contributed by atoms with Gasteiger partial charge in [0.2, 0.25) is 0 Å². The highest BCUT2D eigenvalue weighted by Crippen LogP contribution is 2.19. The van der Waals surface area contributed by atoms with Gasteiger partial charge in [-0.25, -0.2) is 4.79 Å². The lowest BCUT2D eigenvalue weighted by atomic mass is 10.4. The molecule has 0 atom stereocenters. The van der Waals surface area contributed by atoms with Crippen molar-refractivity contribution in [3.63, 3.8) is 0 Å². The van der Waals surface area contributed by atoms with Gasteiger partial charge in [-0.05, 0) is 33.6 Å². The summed E-state index contributed by atoms with van der Waals surface area (Å²) in [6, 6.07) is 0.744. The first-order valence-corrected chi connectivity index (χ1v) is 8.78. The van der Waals surface area contributed by atoms with E-state index >= 15 is 0 Å². The van der Waals surface area contributed by atoms with Crippen molar-refractivity contribution in [3.05, 3.63) is 12.7 Å². The molecule has 0 unspecified atom stereocenters. The van der Waals surface area contributed by atoms with E-state index < -0.39 is 8.80 Å². The fourth-order valence-corrected chi connectivity index (χ4v) is 4.36. The summed E-state index contributed by atoms with van der Waals surface area (Å²) < 4.78 is 22.1. The molecule has 5 nitrogen and oxygen atoms in total. The number of unbranched alkanes of at least 4 members (excludes halogenated alkanes) is 1. The first-order valence-electron chi connectivity index (χ1n) is 6.85. The van der Waals surface area contributed by atoms with Gasteiger partial charge in [0.1, 0.15) is 0 Å². The molecule has 0 radical (unpaired) electrons.